The van der Waals surface area contributed by atoms with Gasteiger partial charge in [0.25, 0.3) is 0 Å². The topological polar surface area (TPSA) is 58.6 Å². The van der Waals surface area contributed by atoms with Gasteiger partial charge in [-0.2, -0.15) is 13.2 Å². The maximum absolute atomic E-state index is 12.8. The lowest BCUT2D eigenvalue weighted by Gasteiger charge is -2.25. The number of hydrogen-bond donors (Lipinski definition) is 2. The number of nitrogens with one attached hydrogen (secondary N) is 1. The van der Waals surface area contributed by atoms with Crippen LogP contribution in [0, 0.1) is 0 Å². The molecular weight excluding hydrogens is 343 g/mol. The number of ether oxygens (including phenoxy) is 1. The molecular formula is C16H16F3NO3S. The van der Waals surface area contributed by atoms with Gasteiger partial charge in [0.15, 0.2) is 6.10 Å². The van der Waals surface area contributed by atoms with Crippen molar-refractivity contribution in [3.8, 4) is 0 Å². The van der Waals surface area contributed by atoms with Crippen molar-refractivity contribution in [2.45, 2.75) is 31.3 Å². The van der Waals surface area contributed by atoms with Crippen LogP contribution in [0.25, 0.3) is 0 Å². The molecule has 2 atom stereocenters. The summed E-state index contributed by atoms with van der Waals surface area (Å²) in [5.74, 6) is 0. The summed E-state index contributed by atoms with van der Waals surface area (Å²) in [4.78, 5) is 12.4. The minimum atomic E-state index is -4.84. The summed E-state index contributed by atoms with van der Waals surface area (Å²) in [6.07, 6.45) is -8.67. The zero-order valence-electron chi connectivity index (χ0n) is 12.5. The third kappa shape index (κ3) is 5.54. The molecule has 2 unspecified atom stereocenters. The number of thiophene rings is 1. The number of rotatable bonds is 6. The molecule has 0 bridgehead atoms. The van der Waals surface area contributed by atoms with Crippen LogP contribution >= 0.6 is 11.3 Å². The molecule has 1 aromatic heterocycles. The fraction of sp³-hybridized carbons (Fsp3) is 0.312. The van der Waals surface area contributed by atoms with Crippen LogP contribution in [0.4, 0.5) is 18.0 Å². The van der Waals surface area contributed by atoms with Crippen LogP contribution in [0.1, 0.15) is 10.4 Å². The molecule has 1 heterocycles. The molecule has 0 spiro atoms. The highest BCUT2D eigenvalue weighted by Crippen LogP contribution is 2.25. The van der Waals surface area contributed by atoms with E-state index in [1.54, 1.807) is 47.8 Å². The Balaban J connectivity index is 1.97. The van der Waals surface area contributed by atoms with E-state index >= 15 is 0 Å². The van der Waals surface area contributed by atoms with Crippen molar-refractivity contribution in [2.75, 3.05) is 0 Å². The summed E-state index contributed by atoms with van der Waals surface area (Å²) >= 11 is 1.25. The Morgan fingerprint density at radius 1 is 1.21 bits per heavy atom. The Bertz CT molecular complexity index is 632. The monoisotopic (exact) mass is 359 g/mol. The van der Waals surface area contributed by atoms with Gasteiger partial charge in [0.05, 0.1) is 6.04 Å². The van der Waals surface area contributed by atoms with Gasteiger partial charge in [-0.05, 0) is 17.0 Å². The molecule has 1 aromatic carbocycles. The van der Waals surface area contributed by atoms with Gasteiger partial charge in [-0.3, -0.25) is 0 Å². The van der Waals surface area contributed by atoms with E-state index in [4.69, 9.17) is 4.74 Å². The Morgan fingerprint density at radius 2 is 1.92 bits per heavy atom. The van der Waals surface area contributed by atoms with E-state index < -0.39 is 24.4 Å². The van der Waals surface area contributed by atoms with E-state index in [2.05, 4.69) is 5.32 Å². The highest BCUT2D eigenvalue weighted by molar-refractivity contribution is 7.09. The number of aliphatic hydroxyl groups excluding tert-OH is 1. The van der Waals surface area contributed by atoms with Gasteiger partial charge in [0, 0.05) is 11.3 Å². The summed E-state index contributed by atoms with van der Waals surface area (Å²) in [7, 11) is 0. The first-order chi connectivity index (χ1) is 11.4. The number of aliphatic hydroxyl groups is 1. The molecule has 130 valence electrons. The van der Waals surface area contributed by atoms with Crippen molar-refractivity contribution in [3.63, 3.8) is 0 Å². The molecule has 1 amide bonds. The first-order valence-corrected chi connectivity index (χ1v) is 7.98. The van der Waals surface area contributed by atoms with E-state index in [9.17, 15) is 23.1 Å². The molecule has 2 rings (SSSR count). The number of benzene rings is 1. The molecule has 0 aliphatic heterocycles. The van der Waals surface area contributed by atoms with Gasteiger partial charge in [-0.15, -0.1) is 11.3 Å². The predicted molar refractivity (Wildman–Crippen MR) is 83.6 cm³/mol. The van der Waals surface area contributed by atoms with E-state index in [-0.39, 0.29) is 13.0 Å². The van der Waals surface area contributed by atoms with Crippen molar-refractivity contribution in [3.05, 3.63) is 58.3 Å². The Morgan fingerprint density at radius 3 is 2.50 bits per heavy atom. The van der Waals surface area contributed by atoms with Crippen molar-refractivity contribution < 1.29 is 27.8 Å². The van der Waals surface area contributed by atoms with E-state index in [0.717, 1.165) is 0 Å². The standard InChI is InChI=1S/C16H16F3NO3S/c17-16(18,19)14(21)13(9-12-7-4-8-24-12)20-15(22)23-10-11-5-2-1-3-6-11/h1-8,13-14,21H,9-10H2,(H,20,22). The Hall–Kier alpha value is -2.06. The number of carbonyl (C=O) groups is 1. The maximum Gasteiger partial charge on any atom is 0.416 e. The van der Waals surface area contributed by atoms with Gasteiger partial charge in [0.1, 0.15) is 6.61 Å². The summed E-state index contributed by atoms with van der Waals surface area (Å²) in [5, 5.41) is 13.3. The minimum Gasteiger partial charge on any atom is -0.445 e. The molecule has 2 N–H and O–H groups in total. The van der Waals surface area contributed by atoms with Gasteiger partial charge >= 0.3 is 12.3 Å². The average Bonchev–Trinajstić information content (AvgIpc) is 3.05. The molecule has 2 aromatic rings. The third-order valence-electron chi connectivity index (χ3n) is 3.23. The lowest BCUT2D eigenvalue weighted by Crippen LogP contribution is -2.51. The molecule has 8 heteroatoms. The molecule has 0 radical (unpaired) electrons. The molecule has 0 saturated carbocycles. The quantitative estimate of drug-likeness (QED) is 0.830. The summed E-state index contributed by atoms with van der Waals surface area (Å²) < 4.78 is 43.3. The van der Waals surface area contributed by atoms with Gasteiger partial charge in [-0.25, -0.2) is 4.79 Å². The Kier molecular flexibility index (Phi) is 6.22. The van der Waals surface area contributed by atoms with E-state index in [1.165, 1.54) is 11.3 Å². The van der Waals surface area contributed by atoms with Crippen LogP contribution in [0.5, 0.6) is 0 Å². The zero-order chi connectivity index (χ0) is 17.6. The first kappa shape index (κ1) is 18.3. The zero-order valence-corrected chi connectivity index (χ0v) is 13.3. The van der Waals surface area contributed by atoms with Crippen LogP contribution in [0.15, 0.2) is 47.8 Å². The predicted octanol–water partition coefficient (Wildman–Crippen LogP) is 3.51. The molecule has 0 fully saturated rings. The second-order valence-electron chi connectivity index (χ2n) is 5.08. The molecule has 0 aliphatic carbocycles. The minimum absolute atomic E-state index is 0.0689. The van der Waals surface area contributed by atoms with Crippen molar-refractivity contribution in [1.29, 1.82) is 0 Å². The van der Waals surface area contributed by atoms with Crippen LogP contribution in [-0.4, -0.2) is 29.5 Å². The third-order valence-corrected chi connectivity index (χ3v) is 4.13. The Labute approximate surface area is 140 Å². The number of halogens is 3. The van der Waals surface area contributed by atoms with Crippen LogP contribution < -0.4 is 5.32 Å². The first-order valence-electron chi connectivity index (χ1n) is 7.10. The van der Waals surface area contributed by atoms with Crippen LogP contribution in [0.2, 0.25) is 0 Å². The SMILES string of the molecule is O=C(NC(Cc1cccs1)C(O)C(F)(F)F)OCc1ccccc1. The molecule has 24 heavy (non-hydrogen) atoms. The molecule has 0 aliphatic rings. The lowest BCUT2D eigenvalue weighted by molar-refractivity contribution is -0.211. The van der Waals surface area contributed by atoms with Gasteiger partial charge in [0.2, 0.25) is 0 Å². The molecule has 4 nitrogen and oxygen atoms in total. The number of alkyl carbamates (subject to hydrolysis) is 1. The summed E-state index contributed by atoms with van der Waals surface area (Å²) in [5.41, 5.74) is 0.707. The van der Waals surface area contributed by atoms with Crippen molar-refractivity contribution in [2.24, 2.45) is 0 Å². The van der Waals surface area contributed by atoms with Gasteiger partial charge < -0.3 is 15.2 Å². The summed E-state index contributed by atoms with van der Waals surface area (Å²) in [6, 6.07) is 10.5. The second kappa shape index (κ2) is 8.16. The van der Waals surface area contributed by atoms with Crippen LogP contribution in [-0.2, 0) is 17.8 Å². The fourth-order valence-electron chi connectivity index (χ4n) is 2.03. The normalized spacial score (nSPS) is 14.0. The highest BCUT2D eigenvalue weighted by Gasteiger charge is 2.44. The van der Waals surface area contributed by atoms with Crippen LogP contribution in [0.3, 0.4) is 0 Å². The number of amides is 1. The smallest absolute Gasteiger partial charge is 0.416 e. The number of alkyl halides is 3. The lowest BCUT2D eigenvalue weighted by atomic mass is 10.1. The van der Waals surface area contributed by atoms with E-state index in [0.29, 0.717) is 10.4 Å². The molecule has 0 saturated heterocycles. The van der Waals surface area contributed by atoms with Crippen molar-refractivity contribution in [1.82, 2.24) is 5.32 Å². The number of hydrogen-bond acceptors (Lipinski definition) is 4. The second-order valence-corrected chi connectivity index (χ2v) is 6.11. The van der Waals surface area contributed by atoms with Gasteiger partial charge in [-0.1, -0.05) is 36.4 Å². The van der Waals surface area contributed by atoms with E-state index in [1.807, 2.05) is 0 Å². The summed E-state index contributed by atoms with van der Waals surface area (Å²) in [6.45, 7) is -0.0689. The fourth-order valence-corrected chi connectivity index (χ4v) is 2.80. The largest absolute Gasteiger partial charge is 0.445 e. The maximum atomic E-state index is 12.8. The highest BCUT2D eigenvalue weighted by atomic mass is 32.1. The van der Waals surface area contributed by atoms with Crippen molar-refractivity contribution >= 4 is 17.4 Å². The average molecular weight is 359 g/mol. The number of carbonyl (C=O) groups excluding carboxylic acids is 1.